The van der Waals surface area contributed by atoms with Crippen molar-refractivity contribution in [3.63, 3.8) is 0 Å². The number of hydroxylamine groups is 2. The summed E-state index contributed by atoms with van der Waals surface area (Å²) in [5, 5.41) is 10.5. The van der Waals surface area contributed by atoms with Crippen LogP contribution in [0.4, 0.5) is 15.8 Å². The number of hydrogen-bond acceptors (Lipinski definition) is 6. The lowest BCUT2D eigenvalue weighted by molar-refractivity contribution is -0.154. The van der Waals surface area contributed by atoms with Crippen LogP contribution >= 0.6 is 11.6 Å². The Morgan fingerprint density at radius 2 is 2.06 bits per heavy atom. The fourth-order valence-corrected chi connectivity index (χ4v) is 6.02. The molecule has 1 saturated heterocycles. The van der Waals surface area contributed by atoms with Crippen LogP contribution in [0.5, 0.6) is 0 Å². The first-order valence-corrected chi connectivity index (χ1v) is 12.5. The number of benzene rings is 1. The van der Waals surface area contributed by atoms with Gasteiger partial charge in [0.25, 0.3) is 0 Å². The van der Waals surface area contributed by atoms with E-state index in [1.807, 2.05) is 4.90 Å². The van der Waals surface area contributed by atoms with Crippen molar-refractivity contribution in [3.8, 4) is 0 Å². The Morgan fingerprint density at radius 3 is 2.65 bits per heavy atom. The Kier molecular flexibility index (Phi) is 7.54. The zero-order valence-electron chi connectivity index (χ0n) is 19.9. The molecule has 188 valence electrons. The number of rotatable bonds is 10. The van der Waals surface area contributed by atoms with E-state index in [0.717, 1.165) is 51.6 Å². The van der Waals surface area contributed by atoms with Crippen molar-refractivity contribution in [2.45, 2.75) is 51.0 Å². The molecule has 1 aromatic carbocycles. The maximum Gasteiger partial charge on any atom is 0.243 e. The maximum atomic E-state index is 15.5. The molecule has 2 atom stereocenters. The Balaban J connectivity index is 1.45. The summed E-state index contributed by atoms with van der Waals surface area (Å²) >= 11 is 6.33. The highest BCUT2D eigenvalue weighted by Crippen LogP contribution is 2.55. The summed E-state index contributed by atoms with van der Waals surface area (Å²) in [5.41, 5.74) is 6.00. The van der Waals surface area contributed by atoms with E-state index < -0.39 is 17.6 Å². The third kappa shape index (κ3) is 5.42. The second-order valence-electron chi connectivity index (χ2n) is 10.4. The number of carbonyl (C=O) groups is 2. The molecule has 2 aliphatic carbocycles. The second-order valence-corrected chi connectivity index (χ2v) is 10.9. The molecule has 4 rings (SSSR count). The fraction of sp³-hybridized carbons (Fsp3) is 0.667. The molecule has 34 heavy (non-hydrogen) atoms. The summed E-state index contributed by atoms with van der Waals surface area (Å²) in [5.74, 6) is -1.11. The number of halogens is 2. The van der Waals surface area contributed by atoms with Crippen molar-refractivity contribution in [1.29, 1.82) is 0 Å². The molecular formula is C24H35ClFN5O3. The molecule has 2 saturated carbocycles. The molecule has 1 spiro atoms. The van der Waals surface area contributed by atoms with E-state index >= 15 is 4.39 Å². The van der Waals surface area contributed by atoms with E-state index in [-0.39, 0.29) is 24.1 Å². The van der Waals surface area contributed by atoms with Crippen LogP contribution < -0.4 is 15.8 Å². The molecule has 8 nitrogen and oxygen atoms in total. The lowest BCUT2D eigenvalue weighted by Crippen LogP contribution is -2.41. The third-order valence-corrected chi connectivity index (χ3v) is 8.01. The maximum absolute atomic E-state index is 15.5. The van der Waals surface area contributed by atoms with Crippen LogP contribution in [-0.2, 0) is 9.59 Å². The second kappa shape index (κ2) is 10.3. The fourth-order valence-electron chi connectivity index (χ4n) is 5.81. The Morgan fingerprint density at radius 1 is 1.35 bits per heavy atom. The van der Waals surface area contributed by atoms with E-state index in [0.29, 0.717) is 34.2 Å². The summed E-state index contributed by atoms with van der Waals surface area (Å²) in [4.78, 5) is 28.1. The minimum absolute atomic E-state index is 0.0878. The summed E-state index contributed by atoms with van der Waals surface area (Å²) in [6.45, 7) is 1.39. The van der Waals surface area contributed by atoms with Crippen molar-refractivity contribution < 1.29 is 19.2 Å². The number of anilines is 2. The molecule has 2 amide bonds. The van der Waals surface area contributed by atoms with Gasteiger partial charge in [-0.3, -0.25) is 25.6 Å². The molecule has 3 fully saturated rings. The van der Waals surface area contributed by atoms with Crippen LogP contribution in [0, 0.1) is 23.1 Å². The van der Waals surface area contributed by atoms with Crippen LogP contribution in [0.1, 0.15) is 44.9 Å². The molecule has 0 bridgehead atoms. The van der Waals surface area contributed by atoms with Gasteiger partial charge in [-0.25, -0.2) is 9.45 Å². The number of hydrazine groups is 1. The summed E-state index contributed by atoms with van der Waals surface area (Å²) in [7, 11) is 4.12. The quantitative estimate of drug-likeness (QED) is 0.261. The number of nitrogens with zero attached hydrogens (tertiary/aromatic N) is 3. The van der Waals surface area contributed by atoms with Crippen molar-refractivity contribution in [3.05, 3.63) is 23.0 Å². The highest BCUT2D eigenvalue weighted by Gasteiger charge is 2.56. The Hall–Kier alpha value is -2.10. The summed E-state index contributed by atoms with van der Waals surface area (Å²) in [6.07, 6.45) is 7.43. The van der Waals surface area contributed by atoms with Gasteiger partial charge in [0, 0.05) is 29.6 Å². The minimum Gasteiger partial charge on any atom is -0.367 e. The molecule has 10 heteroatoms. The standard InChI is InChI=1S/C24H35ClFN5O3/c1-29(2)21-13-30(14-24(21)7-8-24)20-11-18(25)10-19(22(20)26)27-28-23(33)17(12-31(34)15-32)9-16-5-3-4-6-16/h10-11,15-17,21,27,34H,3-9,12-14H2,1-2H3,(H,28,33)/t17-,21?/m0/s1. The van der Waals surface area contributed by atoms with Gasteiger partial charge in [-0.05, 0) is 51.4 Å². The van der Waals surface area contributed by atoms with Crippen molar-refractivity contribution in [1.82, 2.24) is 15.4 Å². The summed E-state index contributed by atoms with van der Waals surface area (Å²) in [6, 6.07) is 3.44. The number of hydrogen-bond donors (Lipinski definition) is 3. The normalized spacial score (nSPS) is 22.3. The van der Waals surface area contributed by atoms with Crippen molar-refractivity contribution in [2.24, 2.45) is 17.3 Å². The predicted octanol–water partition coefficient (Wildman–Crippen LogP) is 3.50. The van der Waals surface area contributed by atoms with Crippen LogP contribution in [0.25, 0.3) is 0 Å². The molecule has 1 heterocycles. The molecule has 1 unspecified atom stereocenters. The number of carbonyl (C=O) groups excluding carboxylic acids is 2. The van der Waals surface area contributed by atoms with E-state index in [9.17, 15) is 14.8 Å². The van der Waals surface area contributed by atoms with E-state index in [2.05, 4.69) is 29.8 Å². The number of amides is 2. The lowest BCUT2D eigenvalue weighted by atomic mass is 9.92. The van der Waals surface area contributed by atoms with Crippen LogP contribution in [0.3, 0.4) is 0 Å². The van der Waals surface area contributed by atoms with Crippen LogP contribution in [-0.4, -0.2) is 67.3 Å². The molecule has 1 aliphatic heterocycles. The highest BCUT2D eigenvalue weighted by atomic mass is 35.5. The largest absolute Gasteiger partial charge is 0.367 e. The average molecular weight is 496 g/mol. The first kappa shape index (κ1) is 25.0. The van der Waals surface area contributed by atoms with Gasteiger partial charge in [0.05, 0.1) is 23.8 Å². The van der Waals surface area contributed by atoms with Gasteiger partial charge in [0.15, 0.2) is 5.82 Å². The van der Waals surface area contributed by atoms with Crippen molar-refractivity contribution >= 4 is 35.3 Å². The number of nitrogens with one attached hydrogen (secondary N) is 2. The molecule has 0 radical (unpaired) electrons. The van der Waals surface area contributed by atoms with Gasteiger partial charge in [0.2, 0.25) is 12.3 Å². The van der Waals surface area contributed by atoms with Gasteiger partial charge in [0.1, 0.15) is 0 Å². The Labute approximate surface area is 205 Å². The molecule has 3 aliphatic rings. The van der Waals surface area contributed by atoms with E-state index in [1.54, 1.807) is 6.07 Å². The summed E-state index contributed by atoms with van der Waals surface area (Å²) < 4.78 is 15.5. The smallest absolute Gasteiger partial charge is 0.243 e. The SMILES string of the molecule is CN(C)C1CN(c2cc(Cl)cc(NNC(=O)[C@@H](CC3CCCC3)CN(O)C=O)c2F)CC12CC2. The monoisotopic (exact) mass is 495 g/mol. The highest BCUT2D eigenvalue weighted by molar-refractivity contribution is 6.31. The number of likely N-dealkylation sites (N-methyl/N-ethyl adjacent to an activating group) is 1. The topological polar surface area (TPSA) is 88.2 Å². The first-order valence-electron chi connectivity index (χ1n) is 12.1. The molecular weight excluding hydrogens is 461 g/mol. The molecule has 1 aromatic rings. The van der Waals surface area contributed by atoms with E-state index in [4.69, 9.17) is 11.6 Å². The average Bonchev–Trinajstić information content (AvgIpc) is 3.19. The third-order valence-electron chi connectivity index (χ3n) is 7.79. The first-order chi connectivity index (χ1) is 16.2. The lowest BCUT2D eigenvalue weighted by Gasteiger charge is -2.25. The zero-order chi connectivity index (χ0) is 24.5. The van der Waals surface area contributed by atoms with Gasteiger partial charge < -0.3 is 9.80 Å². The van der Waals surface area contributed by atoms with Crippen LogP contribution in [0.15, 0.2) is 12.1 Å². The van der Waals surface area contributed by atoms with Gasteiger partial charge >= 0.3 is 0 Å². The van der Waals surface area contributed by atoms with Gasteiger partial charge in [-0.2, -0.15) is 0 Å². The van der Waals surface area contributed by atoms with E-state index in [1.165, 1.54) is 6.07 Å². The minimum atomic E-state index is -0.610. The molecule has 3 N–H and O–H groups in total. The van der Waals surface area contributed by atoms with Gasteiger partial charge in [-0.15, -0.1) is 0 Å². The Bertz CT molecular complexity index is 907. The van der Waals surface area contributed by atoms with Crippen LogP contribution in [0.2, 0.25) is 5.02 Å². The van der Waals surface area contributed by atoms with Crippen molar-refractivity contribution in [2.75, 3.05) is 44.1 Å². The molecule has 0 aromatic heterocycles. The predicted molar refractivity (Wildman–Crippen MR) is 129 cm³/mol. The van der Waals surface area contributed by atoms with Gasteiger partial charge in [-0.1, -0.05) is 37.3 Å². The zero-order valence-corrected chi connectivity index (χ0v) is 20.7.